The number of rotatable bonds is 6. The summed E-state index contributed by atoms with van der Waals surface area (Å²) in [7, 11) is 0. The van der Waals surface area contributed by atoms with Gasteiger partial charge in [-0.05, 0) is 42.1 Å². The zero-order valence-electron chi connectivity index (χ0n) is 15.4. The first-order valence-corrected chi connectivity index (χ1v) is 9.65. The maximum Gasteiger partial charge on any atom is 0.339 e. The average Bonchev–Trinajstić information content (AvgIpc) is 3.36. The highest BCUT2D eigenvalue weighted by atomic mass is 32.1. The second kappa shape index (κ2) is 7.80. The number of ether oxygens (including phenoxy) is 1. The summed E-state index contributed by atoms with van der Waals surface area (Å²) in [6.45, 7) is 2.41. The first-order valence-electron chi connectivity index (χ1n) is 8.77. The van der Waals surface area contributed by atoms with Crippen LogP contribution in [0.25, 0.3) is 11.0 Å². The Kier molecular flexibility index (Phi) is 5.05. The highest BCUT2D eigenvalue weighted by molar-refractivity contribution is 7.09. The molecule has 0 spiro atoms. The molecule has 0 N–H and O–H groups in total. The van der Waals surface area contributed by atoms with Crippen molar-refractivity contribution in [2.75, 3.05) is 0 Å². The zero-order valence-corrected chi connectivity index (χ0v) is 16.3. The molecule has 0 aliphatic heterocycles. The fourth-order valence-electron chi connectivity index (χ4n) is 2.95. The maximum absolute atomic E-state index is 12.7. The zero-order chi connectivity index (χ0) is 20.4. The Hall–Kier alpha value is -3.59. The highest BCUT2D eigenvalue weighted by Gasteiger charge is 2.17. The van der Waals surface area contributed by atoms with Gasteiger partial charge in [0.15, 0.2) is 5.65 Å². The second-order valence-corrected chi connectivity index (χ2v) is 7.46. The number of nitrogens with zero attached hydrogens (tertiary/aromatic N) is 4. The van der Waals surface area contributed by atoms with Crippen LogP contribution < -0.4 is 0 Å². The fraction of sp³-hybridized carbons (Fsp3) is 0.150. The molecule has 0 saturated heterocycles. The van der Waals surface area contributed by atoms with E-state index in [1.54, 1.807) is 40.4 Å². The SMILES string of the molecule is Cc1cc(C(=O)OCc2ccc([N+](=O)[O-])cc2)c2cnn(Cc3cccs3)c2n1. The minimum Gasteiger partial charge on any atom is -0.457 e. The molecule has 0 atom stereocenters. The van der Waals surface area contributed by atoms with Crippen LogP contribution in [0, 0.1) is 17.0 Å². The number of esters is 1. The van der Waals surface area contributed by atoms with Gasteiger partial charge in [0.1, 0.15) is 6.61 Å². The van der Waals surface area contributed by atoms with Gasteiger partial charge < -0.3 is 4.74 Å². The van der Waals surface area contributed by atoms with E-state index in [2.05, 4.69) is 10.1 Å². The molecule has 0 amide bonds. The molecule has 29 heavy (non-hydrogen) atoms. The van der Waals surface area contributed by atoms with E-state index in [4.69, 9.17) is 4.74 Å². The van der Waals surface area contributed by atoms with E-state index in [-0.39, 0.29) is 12.3 Å². The number of carbonyl (C=O) groups excluding carboxylic acids is 1. The van der Waals surface area contributed by atoms with E-state index < -0.39 is 10.9 Å². The van der Waals surface area contributed by atoms with Gasteiger partial charge in [-0.2, -0.15) is 5.10 Å². The number of hydrogen-bond donors (Lipinski definition) is 0. The molecule has 0 fully saturated rings. The topological polar surface area (TPSA) is 100 Å². The summed E-state index contributed by atoms with van der Waals surface area (Å²) in [4.78, 5) is 28.6. The first kappa shape index (κ1) is 18.8. The quantitative estimate of drug-likeness (QED) is 0.270. The van der Waals surface area contributed by atoms with Crippen LogP contribution in [0.2, 0.25) is 0 Å². The van der Waals surface area contributed by atoms with Gasteiger partial charge in [-0.3, -0.25) is 10.1 Å². The molecule has 9 heteroatoms. The van der Waals surface area contributed by atoms with E-state index in [1.807, 2.05) is 24.4 Å². The van der Waals surface area contributed by atoms with Crippen molar-refractivity contribution in [2.24, 2.45) is 0 Å². The number of carbonyl (C=O) groups is 1. The predicted octanol–water partition coefficient (Wildman–Crippen LogP) is 4.11. The van der Waals surface area contributed by atoms with Gasteiger partial charge in [-0.15, -0.1) is 11.3 Å². The molecular weight excluding hydrogens is 392 g/mol. The molecule has 4 aromatic rings. The smallest absolute Gasteiger partial charge is 0.339 e. The Morgan fingerprint density at radius 1 is 1.28 bits per heavy atom. The van der Waals surface area contributed by atoms with E-state index in [0.29, 0.717) is 34.4 Å². The summed E-state index contributed by atoms with van der Waals surface area (Å²) in [5.74, 6) is -0.491. The lowest BCUT2D eigenvalue weighted by Gasteiger charge is -2.08. The van der Waals surface area contributed by atoms with E-state index >= 15 is 0 Å². The number of pyridine rings is 1. The highest BCUT2D eigenvalue weighted by Crippen LogP contribution is 2.22. The first-order chi connectivity index (χ1) is 14.0. The van der Waals surface area contributed by atoms with Crippen LogP contribution in [0.5, 0.6) is 0 Å². The number of aromatic nitrogens is 3. The maximum atomic E-state index is 12.7. The number of fused-ring (bicyclic) bond motifs is 1. The summed E-state index contributed by atoms with van der Waals surface area (Å²) in [6.07, 6.45) is 1.62. The Morgan fingerprint density at radius 2 is 2.07 bits per heavy atom. The molecule has 3 aromatic heterocycles. The summed E-state index contributed by atoms with van der Waals surface area (Å²) in [5, 5.41) is 17.7. The lowest BCUT2D eigenvalue weighted by molar-refractivity contribution is -0.384. The fourth-order valence-corrected chi connectivity index (χ4v) is 3.63. The van der Waals surface area contributed by atoms with Gasteiger partial charge >= 0.3 is 5.97 Å². The monoisotopic (exact) mass is 408 g/mol. The minimum atomic E-state index is -0.491. The number of non-ortho nitro benzene ring substituents is 1. The number of benzene rings is 1. The molecule has 0 radical (unpaired) electrons. The lowest BCUT2D eigenvalue weighted by Crippen LogP contribution is -2.08. The average molecular weight is 408 g/mol. The molecule has 0 aliphatic carbocycles. The van der Waals surface area contributed by atoms with Crippen molar-refractivity contribution in [3.8, 4) is 0 Å². The van der Waals surface area contributed by atoms with Gasteiger partial charge in [-0.25, -0.2) is 14.5 Å². The normalized spacial score (nSPS) is 10.9. The number of aryl methyl sites for hydroxylation is 1. The van der Waals surface area contributed by atoms with Crippen molar-refractivity contribution >= 4 is 34.0 Å². The molecule has 146 valence electrons. The van der Waals surface area contributed by atoms with Crippen molar-refractivity contribution in [3.63, 3.8) is 0 Å². The van der Waals surface area contributed by atoms with Crippen molar-refractivity contribution in [2.45, 2.75) is 20.1 Å². The molecule has 0 unspecified atom stereocenters. The van der Waals surface area contributed by atoms with Gasteiger partial charge in [0, 0.05) is 22.7 Å². The molecule has 0 saturated carbocycles. The molecular formula is C20H16N4O4S. The molecule has 4 rings (SSSR count). The largest absolute Gasteiger partial charge is 0.457 e. The Bertz CT molecular complexity index is 1180. The number of thiophene rings is 1. The lowest BCUT2D eigenvalue weighted by atomic mass is 10.1. The summed E-state index contributed by atoms with van der Waals surface area (Å²) < 4.78 is 7.19. The third kappa shape index (κ3) is 3.99. The number of nitro benzene ring substituents is 1. The number of nitro groups is 1. The van der Waals surface area contributed by atoms with Gasteiger partial charge in [0.05, 0.1) is 28.6 Å². The second-order valence-electron chi connectivity index (χ2n) is 6.43. The molecule has 8 nitrogen and oxygen atoms in total. The van der Waals surface area contributed by atoms with Gasteiger partial charge in [-0.1, -0.05) is 6.07 Å². The van der Waals surface area contributed by atoms with Crippen LogP contribution in [0.1, 0.15) is 26.5 Å². The van der Waals surface area contributed by atoms with E-state index in [0.717, 1.165) is 4.88 Å². The summed E-state index contributed by atoms with van der Waals surface area (Å²) in [5.41, 5.74) is 2.37. The van der Waals surface area contributed by atoms with Crippen molar-refractivity contribution in [1.82, 2.24) is 14.8 Å². The summed E-state index contributed by atoms with van der Waals surface area (Å²) >= 11 is 1.63. The van der Waals surface area contributed by atoms with Gasteiger partial charge in [0.2, 0.25) is 0 Å². The van der Waals surface area contributed by atoms with Gasteiger partial charge in [0.25, 0.3) is 5.69 Å². The standard InChI is InChI=1S/C20H16N4O4S/c1-13-9-17(20(25)28-12-14-4-6-15(7-5-14)24(26)27)18-10-21-23(19(18)22-13)11-16-3-2-8-29-16/h2-10H,11-12H2,1H3. The van der Waals surface area contributed by atoms with Crippen LogP contribution in [0.3, 0.4) is 0 Å². The molecule has 0 bridgehead atoms. The van der Waals surface area contributed by atoms with Crippen molar-refractivity contribution < 1.29 is 14.5 Å². The van der Waals surface area contributed by atoms with Crippen LogP contribution in [-0.4, -0.2) is 25.7 Å². The Morgan fingerprint density at radius 3 is 2.76 bits per heavy atom. The minimum absolute atomic E-state index is 0.00954. The third-order valence-electron chi connectivity index (χ3n) is 4.36. The van der Waals surface area contributed by atoms with Crippen LogP contribution >= 0.6 is 11.3 Å². The Labute approximate surface area is 169 Å². The Balaban J connectivity index is 1.55. The van der Waals surface area contributed by atoms with E-state index in [9.17, 15) is 14.9 Å². The van der Waals surface area contributed by atoms with E-state index in [1.165, 1.54) is 12.1 Å². The summed E-state index contributed by atoms with van der Waals surface area (Å²) in [6, 6.07) is 11.6. The van der Waals surface area contributed by atoms with Crippen LogP contribution in [0.15, 0.2) is 54.0 Å². The molecule has 0 aliphatic rings. The van der Waals surface area contributed by atoms with Crippen LogP contribution in [0.4, 0.5) is 5.69 Å². The molecule has 1 aromatic carbocycles. The van der Waals surface area contributed by atoms with Crippen LogP contribution in [-0.2, 0) is 17.9 Å². The molecule has 3 heterocycles. The number of hydrogen-bond acceptors (Lipinski definition) is 7. The third-order valence-corrected chi connectivity index (χ3v) is 5.22. The van der Waals surface area contributed by atoms with Crippen molar-refractivity contribution in [3.05, 3.63) is 85.9 Å². The predicted molar refractivity (Wildman–Crippen MR) is 108 cm³/mol. The van der Waals surface area contributed by atoms with Crippen molar-refractivity contribution in [1.29, 1.82) is 0 Å².